The summed E-state index contributed by atoms with van der Waals surface area (Å²) in [5, 5.41) is 13.0. The van der Waals surface area contributed by atoms with Gasteiger partial charge in [-0.15, -0.1) is 0 Å². The van der Waals surface area contributed by atoms with Gasteiger partial charge in [0.05, 0.1) is 17.9 Å². The fraction of sp³-hybridized carbons (Fsp3) is 0.514. The fourth-order valence-electron chi connectivity index (χ4n) is 3.71. The monoisotopic (exact) mass is 601 g/mol. The van der Waals surface area contributed by atoms with Gasteiger partial charge in [-0.2, -0.15) is 8.42 Å². The van der Waals surface area contributed by atoms with Crippen LogP contribution < -0.4 is 5.32 Å². The summed E-state index contributed by atoms with van der Waals surface area (Å²) in [4.78, 5) is 12.3. The second-order valence-electron chi connectivity index (χ2n) is 9.99. The highest BCUT2D eigenvalue weighted by atomic mass is 32.2. The van der Waals surface area contributed by atoms with Gasteiger partial charge in [0.25, 0.3) is 10.1 Å². The van der Waals surface area contributed by atoms with Crippen molar-refractivity contribution < 1.29 is 22.9 Å². The van der Waals surface area contributed by atoms with Crippen LogP contribution in [-0.4, -0.2) is 41.9 Å². The van der Waals surface area contributed by atoms with E-state index in [0.29, 0.717) is 12.8 Å². The van der Waals surface area contributed by atoms with Crippen molar-refractivity contribution in [2.45, 2.75) is 109 Å². The van der Waals surface area contributed by atoms with Gasteiger partial charge in [-0.1, -0.05) is 124 Å². The van der Waals surface area contributed by atoms with Crippen molar-refractivity contribution in [3.05, 3.63) is 97.2 Å². The van der Waals surface area contributed by atoms with Crippen molar-refractivity contribution in [2.24, 2.45) is 0 Å². The molecule has 3 N–H and O–H groups in total. The molecule has 0 bridgehead atoms. The Labute approximate surface area is 256 Å². The molecule has 0 saturated heterocycles. The summed E-state index contributed by atoms with van der Waals surface area (Å²) < 4.78 is 32.1. The molecule has 0 fully saturated rings. The number of amides is 1. The average Bonchev–Trinajstić information content (AvgIpc) is 2.94. The molecule has 2 atom stereocenters. The number of hydrogen-bond donors (Lipinski definition) is 3. The Morgan fingerprint density at radius 3 is 1.60 bits per heavy atom. The van der Waals surface area contributed by atoms with Crippen molar-refractivity contribution in [3.8, 4) is 0 Å². The van der Waals surface area contributed by atoms with Crippen LogP contribution in [-0.2, 0) is 14.9 Å². The highest BCUT2D eigenvalue weighted by Crippen LogP contribution is 2.05. The fourth-order valence-corrected chi connectivity index (χ4v) is 4.44. The summed E-state index contributed by atoms with van der Waals surface area (Å²) in [6.45, 7) is 4.31. The maximum absolute atomic E-state index is 12.3. The molecule has 1 amide bonds. The van der Waals surface area contributed by atoms with Gasteiger partial charge in [-0.25, -0.2) is 0 Å². The van der Waals surface area contributed by atoms with E-state index in [-0.39, 0.29) is 6.42 Å². The maximum atomic E-state index is 12.3. The molecule has 236 valence electrons. The van der Waals surface area contributed by atoms with Crippen molar-refractivity contribution in [3.63, 3.8) is 0 Å². The maximum Gasteiger partial charge on any atom is 0.267 e. The first-order valence-corrected chi connectivity index (χ1v) is 17.0. The van der Waals surface area contributed by atoms with Crippen molar-refractivity contribution in [2.75, 3.05) is 5.75 Å². The third-order valence-corrected chi connectivity index (χ3v) is 6.78. The van der Waals surface area contributed by atoms with Gasteiger partial charge in [-0.05, 0) is 64.2 Å². The van der Waals surface area contributed by atoms with Crippen LogP contribution in [0.4, 0.5) is 0 Å². The Bertz CT molecular complexity index is 1020. The summed E-state index contributed by atoms with van der Waals surface area (Å²) in [7, 11) is -4.38. The van der Waals surface area contributed by atoms with Crippen LogP contribution in [0.15, 0.2) is 97.2 Å². The second-order valence-corrected chi connectivity index (χ2v) is 11.5. The third-order valence-electron chi connectivity index (χ3n) is 6.00. The first kappa shape index (κ1) is 39.3. The smallest absolute Gasteiger partial charge is 0.267 e. The lowest BCUT2D eigenvalue weighted by Gasteiger charge is -2.20. The van der Waals surface area contributed by atoms with E-state index in [1.165, 1.54) is 18.9 Å². The van der Waals surface area contributed by atoms with E-state index in [9.17, 15) is 22.9 Å². The topological polar surface area (TPSA) is 104 Å². The minimum atomic E-state index is -4.38. The standard InChI is InChI=1S/C35H55NO5S/c1-3-5-7-9-11-13-15-17-18-19-21-23-25-27-29-31-35(38)36-33(32-42(39,40)41)34(37)30-28-26-24-22-20-16-14-12-10-8-6-4-2/h5,7,10-13,17-18,20-23,27-30,33-34,37H,3-4,6,8-9,14-16,19,24-26,31-32H2,1-2H3,(H,36,38)(H,39,40,41)/b7-5-,12-10+,13-11-,18-17-,22-20+,23-21-,29-27-,30-28+. The van der Waals surface area contributed by atoms with Gasteiger partial charge in [0.2, 0.25) is 5.91 Å². The number of rotatable bonds is 25. The molecule has 0 saturated carbocycles. The minimum Gasteiger partial charge on any atom is -0.387 e. The Balaban J connectivity index is 4.38. The molecule has 0 aliphatic heterocycles. The molecule has 0 aromatic heterocycles. The molecular weight excluding hydrogens is 546 g/mol. The zero-order valence-corrected chi connectivity index (χ0v) is 26.6. The number of unbranched alkanes of at least 4 members (excludes halogenated alkanes) is 4. The highest BCUT2D eigenvalue weighted by molar-refractivity contribution is 7.85. The van der Waals surface area contributed by atoms with Crippen LogP contribution in [0, 0.1) is 0 Å². The third kappa shape index (κ3) is 28.8. The Morgan fingerprint density at radius 1 is 0.667 bits per heavy atom. The molecular formula is C35H55NO5S. The highest BCUT2D eigenvalue weighted by Gasteiger charge is 2.24. The van der Waals surface area contributed by atoms with Gasteiger partial charge in [0, 0.05) is 6.42 Å². The Hall–Kier alpha value is -2.74. The summed E-state index contributed by atoms with van der Waals surface area (Å²) in [5.74, 6) is -1.19. The van der Waals surface area contributed by atoms with Gasteiger partial charge < -0.3 is 10.4 Å². The normalized spacial score (nSPS) is 14.9. The first-order valence-electron chi connectivity index (χ1n) is 15.4. The molecule has 6 nitrogen and oxygen atoms in total. The molecule has 42 heavy (non-hydrogen) atoms. The van der Waals surface area contributed by atoms with E-state index in [1.807, 2.05) is 12.2 Å². The van der Waals surface area contributed by atoms with E-state index in [2.05, 4.69) is 86.0 Å². The lowest BCUT2D eigenvalue weighted by atomic mass is 10.1. The van der Waals surface area contributed by atoms with Gasteiger partial charge in [0.1, 0.15) is 0 Å². The zero-order chi connectivity index (χ0) is 31.2. The van der Waals surface area contributed by atoms with E-state index in [1.54, 1.807) is 12.2 Å². The Kier molecular flexibility index (Phi) is 26.5. The second kappa shape index (κ2) is 28.4. The van der Waals surface area contributed by atoms with Gasteiger partial charge in [-0.3, -0.25) is 9.35 Å². The predicted octanol–water partition coefficient (Wildman–Crippen LogP) is 8.28. The number of aliphatic hydroxyl groups is 1. The molecule has 0 heterocycles. The minimum absolute atomic E-state index is 0.0462. The first-order chi connectivity index (χ1) is 20.3. The van der Waals surface area contributed by atoms with E-state index >= 15 is 0 Å². The van der Waals surface area contributed by atoms with Crippen molar-refractivity contribution in [1.29, 1.82) is 0 Å². The van der Waals surface area contributed by atoms with E-state index < -0.39 is 33.9 Å². The molecule has 0 rings (SSSR count). The van der Waals surface area contributed by atoms with Crippen LogP contribution in [0.25, 0.3) is 0 Å². The molecule has 0 spiro atoms. The van der Waals surface area contributed by atoms with E-state index in [0.717, 1.165) is 51.4 Å². The van der Waals surface area contributed by atoms with Gasteiger partial charge in [0.15, 0.2) is 0 Å². The number of nitrogens with one attached hydrogen (secondary N) is 1. The average molecular weight is 602 g/mol. The largest absolute Gasteiger partial charge is 0.387 e. The molecule has 7 heteroatoms. The Morgan fingerprint density at radius 2 is 1.12 bits per heavy atom. The molecule has 0 aromatic carbocycles. The number of hydrogen-bond acceptors (Lipinski definition) is 4. The predicted molar refractivity (Wildman–Crippen MR) is 179 cm³/mol. The van der Waals surface area contributed by atoms with E-state index in [4.69, 9.17) is 0 Å². The number of carbonyl (C=O) groups is 1. The van der Waals surface area contributed by atoms with Crippen LogP contribution in [0.2, 0.25) is 0 Å². The van der Waals surface area contributed by atoms with Crippen LogP contribution >= 0.6 is 0 Å². The molecule has 2 unspecified atom stereocenters. The molecule has 0 aromatic rings. The lowest BCUT2D eigenvalue weighted by Crippen LogP contribution is -2.46. The summed E-state index contributed by atoms with van der Waals surface area (Å²) in [6, 6.07) is -1.14. The summed E-state index contributed by atoms with van der Waals surface area (Å²) in [5.41, 5.74) is 0. The van der Waals surface area contributed by atoms with Crippen LogP contribution in [0.1, 0.15) is 97.3 Å². The number of carbonyl (C=O) groups excluding carboxylic acids is 1. The van der Waals surface area contributed by atoms with Gasteiger partial charge >= 0.3 is 0 Å². The SMILES string of the molecule is CC/C=C\C/C=C\C/C=C\C/C=C\C/C=C\CC(=O)NC(CS(=O)(=O)O)C(O)/C=C/CC/C=C/CC/C=C/CCCC. The summed E-state index contributed by atoms with van der Waals surface area (Å²) >= 11 is 0. The zero-order valence-electron chi connectivity index (χ0n) is 25.8. The lowest BCUT2D eigenvalue weighted by molar-refractivity contribution is -0.121. The summed E-state index contributed by atoms with van der Waals surface area (Å²) in [6.07, 6.45) is 42.7. The van der Waals surface area contributed by atoms with Crippen LogP contribution in [0.3, 0.4) is 0 Å². The van der Waals surface area contributed by atoms with Crippen molar-refractivity contribution in [1.82, 2.24) is 5.32 Å². The quantitative estimate of drug-likeness (QED) is 0.0555. The molecule has 0 radical (unpaired) electrons. The number of aliphatic hydroxyl groups excluding tert-OH is 1. The van der Waals surface area contributed by atoms with Crippen molar-refractivity contribution >= 4 is 16.0 Å². The number of allylic oxidation sites excluding steroid dienone is 14. The van der Waals surface area contributed by atoms with Crippen LogP contribution in [0.5, 0.6) is 0 Å². The molecule has 0 aliphatic rings. The molecule has 0 aliphatic carbocycles.